The third kappa shape index (κ3) is 3.59. The predicted octanol–water partition coefficient (Wildman–Crippen LogP) is 5.12. The number of thiophene rings is 1. The van der Waals surface area contributed by atoms with E-state index >= 15 is 0 Å². The molecule has 0 atom stereocenters. The molecule has 0 spiro atoms. The smallest absolute Gasteiger partial charge is 0.340 e. The van der Waals surface area contributed by atoms with Crippen molar-refractivity contribution in [2.45, 2.75) is 19.8 Å². The highest BCUT2D eigenvalue weighted by atomic mass is 32.1. The number of amides is 1. The Morgan fingerprint density at radius 2 is 1.90 bits per heavy atom. The number of ether oxygens (including phenoxy) is 1. The van der Waals surface area contributed by atoms with Gasteiger partial charge in [0, 0.05) is 10.3 Å². The molecule has 0 saturated heterocycles. The fourth-order valence-electron chi connectivity index (χ4n) is 3.39. The van der Waals surface area contributed by atoms with Crippen LogP contribution in [0.25, 0.3) is 21.7 Å². The fraction of sp³-hybridized carbons (Fsp3) is 0.174. The molecular weight excluding hydrogens is 400 g/mol. The summed E-state index contributed by atoms with van der Waals surface area (Å²) in [6.45, 7) is 2.04. The van der Waals surface area contributed by atoms with Crippen molar-refractivity contribution < 1.29 is 18.7 Å². The van der Waals surface area contributed by atoms with E-state index < -0.39 is 11.9 Å². The minimum absolute atomic E-state index is 0.0973. The molecular formula is C23H20N2O4S. The Morgan fingerprint density at radius 3 is 2.67 bits per heavy atom. The number of aryl methyl sites for hydroxylation is 1. The van der Waals surface area contributed by atoms with Crippen LogP contribution in [0.3, 0.4) is 0 Å². The molecule has 30 heavy (non-hydrogen) atoms. The highest BCUT2D eigenvalue weighted by molar-refractivity contribution is 7.16. The van der Waals surface area contributed by atoms with Gasteiger partial charge in [0.2, 0.25) is 5.55 Å². The van der Waals surface area contributed by atoms with E-state index in [1.54, 1.807) is 18.2 Å². The SMILES string of the molecule is CCCc1cc(C(=O)OC)c(NC(=O)c2cc3c(ccc4ccccc43)oc2=N)s1. The second kappa shape index (κ2) is 8.12. The van der Waals surface area contributed by atoms with Gasteiger partial charge in [-0.05, 0) is 35.4 Å². The molecule has 1 amide bonds. The number of hydrogen-bond donors (Lipinski definition) is 2. The zero-order valence-electron chi connectivity index (χ0n) is 16.6. The second-order valence-corrected chi connectivity index (χ2v) is 7.98. The Labute approximate surface area is 176 Å². The van der Waals surface area contributed by atoms with Crippen molar-refractivity contribution in [3.63, 3.8) is 0 Å². The molecule has 4 aromatic rings. The van der Waals surface area contributed by atoms with E-state index in [4.69, 9.17) is 14.6 Å². The number of benzene rings is 2. The molecule has 6 nitrogen and oxygen atoms in total. The van der Waals surface area contributed by atoms with Crippen LogP contribution < -0.4 is 10.9 Å². The van der Waals surface area contributed by atoms with Crippen LogP contribution >= 0.6 is 11.3 Å². The summed E-state index contributed by atoms with van der Waals surface area (Å²) in [5.74, 6) is -1.02. The lowest BCUT2D eigenvalue weighted by molar-refractivity contribution is 0.0602. The maximum absolute atomic E-state index is 13.0. The van der Waals surface area contributed by atoms with Gasteiger partial charge in [-0.25, -0.2) is 4.79 Å². The van der Waals surface area contributed by atoms with Gasteiger partial charge in [-0.1, -0.05) is 43.7 Å². The van der Waals surface area contributed by atoms with E-state index in [2.05, 4.69) is 5.32 Å². The molecule has 0 aliphatic heterocycles. The first-order chi connectivity index (χ1) is 14.5. The second-order valence-electron chi connectivity index (χ2n) is 6.84. The maximum atomic E-state index is 13.0. The first kappa shape index (κ1) is 19.8. The molecule has 0 bridgehead atoms. The van der Waals surface area contributed by atoms with Gasteiger partial charge >= 0.3 is 5.97 Å². The Balaban J connectivity index is 1.77. The molecule has 0 unspecified atom stereocenters. The summed E-state index contributed by atoms with van der Waals surface area (Å²) in [4.78, 5) is 26.1. The molecule has 2 N–H and O–H groups in total. The number of nitrogens with one attached hydrogen (secondary N) is 2. The number of carbonyl (C=O) groups is 2. The van der Waals surface area contributed by atoms with E-state index in [0.29, 0.717) is 16.1 Å². The molecule has 0 fully saturated rings. The number of methoxy groups -OCH3 is 1. The monoisotopic (exact) mass is 420 g/mol. The van der Waals surface area contributed by atoms with Gasteiger partial charge in [-0.2, -0.15) is 0 Å². The van der Waals surface area contributed by atoms with Crippen molar-refractivity contribution in [3.8, 4) is 0 Å². The lowest BCUT2D eigenvalue weighted by atomic mass is 10.0. The van der Waals surface area contributed by atoms with Crippen LogP contribution in [0.15, 0.2) is 52.9 Å². The molecule has 7 heteroatoms. The van der Waals surface area contributed by atoms with Gasteiger partial charge < -0.3 is 14.5 Å². The number of anilines is 1. The Bertz CT molecular complexity index is 1340. The molecule has 0 aliphatic rings. The predicted molar refractivity (Wildman–Crippen MR) is 117 cm³/mol. The van der Waals surface area contributed by atoms with Crippen LogP contribution in [0.5, 0.6) is 0 Å². The summed E-state index contributed by atoms with van der Waals surface area (Å²) in [6.07, 6.45) is 1.72. The van der Waals surface area contributed by atoms with Gasteiger partial charge in [0.15, 0.2) is 0 Å². The van der Waals surface area contributed by atoms with E-state index in [-0.39, 0.29) is 11.1 Å². The summed E-state index contributed by atoms with van der Waals surface area (Å²) in [5, 5.41) is 14.1. The number of esters is 1. The lowest BCUT2D eigenvalue weighted by Gasteiger charge is -2.08. The molecule has 152 valence electrons. The molecule has 2 aromatic heterocycles. The maximum Gasteiger partial charge on any atom is 0.340 e. The molecule has 0 radical (unpaired) electrons. The zero-order chi connectivity index (χ0) is 21.3. The fourth-order valence-corrected chi connectivity index (χ4v) is 4.53. The van der Waals surface area contributed by atoms with Crippen molar-refractivity contribution in [2.24, 2.45) is 0 Å². The summed E-state index contributed by atoms with van der Waals surface area (Å²) in [7, 11) is 1.31. The van der Waals surface area contributed by atoms with Crippen LogP contribution in [0.4, 0.5) is 5.00 Å². The summed E-state index contributed by atoms with van der Waals surface area (Å²) in [5.41, 5.74) is 0.709. The Hall–Kier alpha value is -3.45. The molecule has 4 rings (SSSR count). The van der Waals surface area contributed by atoms with Crippen molar-refractivity contribution in [1.82, 2.24) is 0 Å². The number of fused-ring (bicyclic) bond motifs is 3. The van der Waals surface area contributed by atoms with Crippen molar-refractivity contribution in [2.75, 3.05) is 12.4 Å². The quantitative estimate of drug-likeness (QED) is 0.346. The van der Waals surface area contributed by atoms with Gasteiger partial charge in [-0.3, -0.25) is 10.2 Å². The van der Waals surface area contributed by atoms with E-state index in [1.165, 1.54) is 18.4 Å². The average molecular weight is 420 g/mol. The van der Waals surface area contributed by atoms with Crippen LogP contribution in [-0.2, 0) is 11.2 Å². The first-order valence-corrected chi connectivity index (χ1v) is 10.4. The minimum Gasteiger partial charge on any atom is -0.465 e. The summed E-state index contributed by atoms with van der Waals surface area (Å²) in [6, 6.07) is 14.9. The van der Waals surface area contributed by atoms with Gasteiger partial charge in [-0.15, -0.1) is 11.3 Å². The largest absolute Gasteiger partial charge is 0.465 e. The van der Waals surface area contributed by atoms with Crippen LogP contribution in [-0.4, -0.2) is 19.0 Å². The number of carbonyl (C=O) groups excluding carboxylic acids is 2. The lowest BCUT2D eigenvalue weighted by Crippen LogP contribution is -2.21. The van der Waals surface area contributed by atoms with E-state index in [9.17, 15) is 9.59 Å². The van der Waals surface area contributed by atoms with Gasteiger partial charge in [0.25, 0.3) is 5.91 Å². The molecule has 0 aliphatic carbocycles. The molecule has 2 aromatic carbocycles. The molecule has 0 saturated carbocycles. The highest BCUT2D eigenvalue weighted by Crippen LogP contribution is 2.31. The van der Waals surface area contributed by atoms with Crippen LogP contribution in [0.1, 0.15) is 38.9 Å². The zero-order valence-corrected chi connectivity index (χ0v) is 17.4. The van der Waals surface area contributed by atoms with E-state index in [1.807, 2.05) is 37.3 Å². The van der Waals surface area contributed by atoms with Gasteiger partial charge in [0.1, 0.15) is 16.1 Å². The van der Waals surface area contributed by atoms with Crippen molar-refractivity contribution in [3.05, 3.63) is 70.1 Å². The Kier molecular flexibility index (Phi) is 5.37. The van der Waals surface area contributed by atoms with Crippen molar-refractivity contribution >= 4 is 50.0 Å². The summed E-state index contributed by atoms with van der Waals surface area (Å²) >= 11 is 1.34. The topological polar surface area (TPSA) is 92.4 Å². The number of hydrogen-bond acceptors (Lipinski definition) is 6. The minimum atomic E-state index is -0.510. The Morgan fingerprint density at radius 1 is 1.10 bits per heavy atom. The summed E-state index contributed by atoms with van der Waals surface area (Å²) < 4.78 is 10.5. The standard InChI is InChI=1S/C23H20N2O4S/c1-3-6-14-11-18(23(27)28-2)22(30-14)25-21(26)17-12-16-15-8-5-4-7-13(15)9-10-19(16)29-20(17)24/h4-5,7-12,24H,3,6H2,1-2H3,(H,25,26). The average Bonchev–Trinajstić information content (AvgIpc) is 3.14. The normalized spacial score (nSPS) is 11.0. The third-order valence-corrected chi connectivity index (χ3v) is 5.94. The molecule has 2 heterocycles. The third-order valence-electron chi connectivity index (χ3n) is 4.83. The van der Waals surface area contributed by atoms with Crippen molar-refractivity contribution in [1.29, 1.82) is 5.41 Å². The van der Waals surface area contributed by atoms with E-state index in [0.717, 1.165) is 33.9 Å². The van der Waals surface area contributed by atoms with Gasteiger partial charge in [0.05, 0.1) is 12.7 Å². The van der Waals surface area contributed by atoms with Crippen LogP contribution in [0, 0.1) is 5.41 Å². The van der Waals surface area contributed by atoms with Crippen LogP contribution in [0.2, 0.25) is 0 Å². The first-order valence-electron chi connectivity index (χ1n) is 9.54. The number of rotatable bonds is 5. The highest BCUT2D eigenvalue weighted by Gasteiger charge is 2.20.